The molecule has 0 bridgehead atoms. The molecule has 0 radical (unpaired) electrons. The van der Waals surface area contributed by atoms with Gasteiger partial charge < -0.3 is 25.0 Å². The molecule has 8 nitrogen and oxygen atoms in total. The van der Waals surface area contributed by atoms with Crippen LogP contribution in [0.5, 0.6) is 11.6 Å². The molecule has 0 atom stereocenters. The van der Waals surface area contributed by atoms with Gasteiger partial charge in [0.25, 0.3) is 0 Å². The molecule has 2 heterocycles. The average Bonchev–Trinajstić information content (AvgIpc) is 3.16. The monoisotopic (exact) mass is 457 g/mol. The zero-order valence-electron chi connectivity index (χ0n) is 17.2. The number of amides is 2. The second-order valence-corrected chi connectivity index (χ2v) is 7.08. The van der Waals surface area contributed by atoms with Crippen molar-refractivity contribution in [2.24, 2.45) is 7.05 Å². The predicted molar refractivity (Wildman–Crippen MR) is 115 cm³/mol. The number of halogens is 3. The molecule has 3 N–H and O–H groups in total. The normalized spacial score (nSPS) is 11.4. The predicted octanol–water partition coefficient (Wildman–Crippen LogP) is 4.92. The molecule has 4 rings (SSSR count). The summed E-state index contributed by atoms with van der Waals surface area (Å²) in [5, 5.41) is 14.6. The summed E-state index contributed by atoms with van der Waals surface area (Å²) in [7, 11) is 1.83. The number of ether oxygens (including phenoxy) is 1. The van der Waals surface area contributed by atoms with Crippen molar-refractivity contribution in [2.75, 3.05) is 10.6 Å². The molecular weight excluding hydrogens is 439 g/mol. The fourth-order valence-electron chi connectivity index (χ4n) is 3.22. The number of urea groups is 1. The maximum absolute atomic E-state index is 12.9. The Labute approximate surface area is 185 Å². The molecule has 0 saturated carbocycles. The Hall–Kier alpha value is -4.12. The van der Waals surface area contributed by atoms with E-state index in [1.165, 1.54) is 30.6 Å². The van der Waals surface area contributed by atoms with E-state index in [9.17, 15) is 23.1 Å². The third-order valence-electron chi connectivity index (χ3n) is 4.78. The summed E-state index contributed by atoms with van der Waals surface area (Å²) in [5.41, 5.74) is 1.09. The van der Waals surface area contributed by atoms with E-state index in [0.717, 1.165) is 12.1 Å². The van der Waals surface area contributed by atoms with Gasteiger partial charge in [-0.05, 0) is 42.5 Å². The fourth-order valence-corrected chi connectivity index (χ4v) is 3.22. The molecule has 0 aliphatic heterocycles. The highest BCUT2D eigenvalue weighted by molar-refractivity contribution is 6.00. The van der Waals surface area contributed by atoms with Gasteiger partial charge in [0.2, 0.25) is 5.88 Å². The first-order chi connectivity index (χ1) is 15.7. The van der Waals surface area contributed by atoms with E-state index in [0.29, 0.717) is 28.2 Å². The molecule has 170 valence electrons. The summed E-state index contributed by atoms with van der Waals surface area (Å²) in [6, 6.07) is 9.92. The Bertz CT molecular complexity index is 1320. The highest BCUT2D eigenvalue weighted by Gasteiger charge is 2.30. The summed E-state index contributed by atoms with van der Waals surface area (Å²) in [5.74, 6) is 0.684. The van der Waals surface area contributed by atoms with Crippen LogP contribution < -0.4 is 15.4 Å². The Balaban J connectivity index is 1.50. The van der Waals surface area contributed by atoms with Crippen molar-refractivity contribution >= 4 is 28.4 Å². The Kier molecular flexibility index (Phi) is 5.88. The van der Waals surface area contributed by atoms with Crippen molar-refractivity contribution in [3.05, 3.63) is 72.2 Å². The number of nitrogens with one attached hydrogen (secondary N) is 2. The first-order valence-corrected chi connectivity index (χ1v) is 9.67. The minimum absolute atomic E-state index is 0.0248. The first-order valence-electron chi connectivity index (χ1n) is 9.67. The van der Waals surface area contributed by atoms with Gasteiger partial charge in [-0.2, -0.15) is 18.2 Å². The fraction of sp³-hybridized carbons (Fsp3) is 0.136. The number of carbonyl (C=O) groups excluding carboxylic acids is 1. The van der Waals surface area contributed by atoms with Gasteiger partial charge >= 0.3 is 12.2 Å². The third-order valence-corrected chi connectivity index (χ3v) is 4.78. The Morgan fingerprint density at radius 1 is 1.12 bits per heavy atom. The molecule has 0 aliphatic carbocycles. The van der Waals surface area contributed by atoms with Gasteiger partial charge in [-0.25, -0.2) is 9.78 Å². The van der Waals surface area contributed by atoms with Crippen LogP contribution in [0, 0.1) is 0 Å². The van der Waals surface area contributed by atoms with Crippen molar-refractivity contribution in [1.29, 1.82) is 0 Å². The van der Waals surface area contributed by atoms with E-state index in [4.69, 9.17) is 4.74 Å². The molecule has 2 amide bonds. The standard InChI is InChI=1S/C22H18F3N5O3/c1-30-8-7-18-19(30)20(27-12-26-18)33-16-5-6-17(13(9-16)11-31)29-21(32)28-15-4-2-3-14(10-15)22(23,24)25/h2-10,12,31H,11H2,1H3,(H2,28,29,32). The Morgan fingerprint density at radius 3 is 2.70 bits per heavy atom. The van der Waals surface area contributed by atoms with E-state index in [2.05, 4.69) is 20.6 Å². The van der Waals surface area contributed by atoms with E-state index in [1.54, 1.807) is 6.07 Å². The van der Waals surface area contributed by atoms with Crippen molar-refractivity contribution in [3.63, 3.8) is 0 Å². The Morgan fingerprint density at radius 2 is 1.94 bits per heavy atom. The van der Waals surface area contributed by atoms with E-state index >= 15 is 0 Å². The topological polar surface area (TPSA) is 101 Å². The lowest BCUT2D eigenvalue weighted by atomic mass is 10.1. The molecule has 0 saturated heterocycles. The molecule has 0 spiro atoms. The average molecular weight is 457 g/mol. The highest BCUT2D eigenvalue weighted by atomic mass is 19.4. The maximum Gasteiger partial charge on any atom is 0.416 e. The lowest BCUT2D eigenvalue weighted by Gasteiger charge is -2.14. The first kappa shape index (κ1) is 22.1. The number of benzene rings is 2. The molecule has 0 fully saturated rings. The van der Waals surface area contributed by atoms with Crippen LogP contribution in [0.1, 0.15) is 11.1 Å². The summed E-state index contributed by atoms with van der Waals surface area (Å²) < 4.78 is 46.2. The van der Waals surface area contributed by atoms with E-state index in [1.807, 2.05) is 23.9 Å². The molecule has 0 unspecified atom stereocenters. The minimum atomic E-state index is -4.53. The molecule has 2 aromatic heterocycles. The number of fused-ring (bicyclic) bond motifs is 1. The van der Waals surface area contributed by atoms with Crippen molar-refractivity contribution < 1.29 is 27.8 Å². The number of anilines is 2. The van der Waals surface area contributed by atoms with Crippen LogP contribution in [-0.4, -0.2) is 25.7 Å². The van der Waals surface area contributed by atoms with Crippen LogP contribution in [0.25, 0.3) is 11.0 Å². The van der Waals surface area contributed by atoms with Gasteiger partial charge in [0.05, 0.1) is 17.7 Å². The number of aromatic nitrogens is 3. The maximum atomic E-state index is 12.9. The third kappa shape index (κ3) is 4.88. The number of aryl methyl sites for hydroxylation is 1. The lowest BCUT2D eigenvalue weighted by molar-refractivity contribution is -0.137. The van der Waals surface area contributed by atoms with E-state index in [-0.39, 0.29) is 11.4 Å². The summed E-state index contributed by atoms with van der Waals surface area (Å²) in [4.78, 5) is 20.6. The second-order valence-electron chi connectivity index (χ2n) is 7.08. The van der Waals surface area contributed by atoms with Crippen LogP contribution in [0.3, 0.4) is 0 Å². The van der Waals surface area contributed by atoms with Crippen LogP contribution >= 0.6 is 0 Å². The van der Waals surface area contributed by atoms with Gasteiger partial charge in [-0.15, -0.1) is 0 Å². The SMILES string of the molecule is Cn1ccc2ncnc(Oc3ccc(NC(=O)Nc4cccc(C(F)(F)F)c4)c(CO)c3)c21. The number of nitrogens with zero attached hydrogens (tertiary/aromatic N) is 3. The van der Waals surface area contributed by atoms with Gasteiger partial charge in [0, 0.05) is 30.2 Å². The lowest BCUT2D eigenvalue weighted by Crippen LogP contribution is -2.20. The van der Waals surface area contributed by atoms with Gasteiger partial charge in [-0.1, -0.05) is 6.07 Å². The summed E-state index contributed by atoms with van der Waals surface area (Å²) >= 11 is 0. The van der Waals surface area contributed by atoms with Crippen molar-refractivity contribution in [1.82, 2.24) is 14.5 Å². The minimum Gasteiger partial charge on any atom is -0.437 e. The molecular formula is C22H18F3N5O3. The van der Waals surface area contributed by atoms with Crippen LogP contribution in [-0.2, 0) is 19.8 Å². The zero-order chi connectivity index (χ0) is 23.6. The summed E-state index contributed by atoms with van der Waals surface area (Å²) in [6.07, 6.45) is -1.33. The van der Waals surface area contributed by atoms with E-state index < -0.39 is 24.4 Å². The van der Waals surface area contributed by atoms with Gasteiger partial charge in [0.15, 0.2) is 0 Å². The van der Waals surface area contributed by atoms with Crippen LogP contribution in [0.2, 0.25) is 0 Å². The molecule has 4 aromatic rings. The van der Waals surface area contributed by atoms with Crippen molar-refractivity contribution in [3.8, 4) is 11.6 Å². The number of hydrogen-bond acceptors (Lipinski definition) is 5. The van der Waals surface area contributed by atoms with Crippen LogP contribution in [0.4, 0.5) is 29.3 Å². The number of aliphatic hydroxyl groups is 1. The zero-order valence-corrected chi connectivity index (χ0v) is 17.2. The molecule has 33 heavy (non-hydrogen) atoms. The van der Waals surface area contributed by atoms with Crippen molar-refractivity contribution in [2.45, 2.75) is 12.8 Å². The number of rotatable bonds is 5. The summed E-state index contributed by atoms with van der Waals surface area (Å²) in [6.45, 7) is -0.417. The largest absolute Gasteiger partial charge is 0.437 e. The number of hydrogen-bond donors (Lipinski definition) is 3. The van der Waals surface area contributed by atoms with Gasteiger partial charge in [-0.3, -0.25) is 0 Å². The second kappa shape index (κ2) is 8.79. The quantitative estimate of drug-likeness (QED) is 0.395. The number of alkyl halides is 3. The smallest absolute Gasteiger partial charge is 0.416 e. The molecule has 0 aliphatic rings. The number of aliphatic hydroxyl groups excluding tert-OH is 1. The number of carbonyl (C=O) groups is 1. The highest BCUT2D eigenvalue weighted by Crippen LogP contribution is 2.31. The molecule has 11 heteroatoms. The van der Waals surface area contributed by atoms with Crippen LogP contribution in [0.15, 0.2) is 61.1 Å². The van der Waals surface area contributed by atoms with Gasteiger partial charge in [0.1, 0.15) is 17.6 Å². The molecule has 2 aromatic carbocycles.